The third kappa shape index (κ3) is 3.29. The number of hydrogen-bond acceptors (Lipinski definition) is 4. The predicted octanol–water partition coefficient (Wildman–Crippen LogP) is 3.67. The zero-order valence-electron chi connectivity index (χ0n) is 12.0. The van der Waals surface area contributed by atoms with Crippen LogP contribution in [-0.2, 0) is 15.6 Å². The molecule has 0 atom stereocenters. The first-order chi connectivity index (χ1) is 10.9. The van der Waals surface area contributed by atoms with Crippen LogP contribution in [0.2, 0.25) is 5.02 Å². The van der Waals surface area contributed by atoms with E-state index in [1.807, 2.05) is 24.3 Å². The number of nitrogens with zero attached hydrogens (tertiary/aromatic N) is 2. The fourth-order valence-corrected chi connectivity index (χ4v) is 3.39. The van der Waals surface area contributed by atoms with Gasteiger partial charge in [-0.15, -0.1) is 0 Å². The molecule has 0 amide bonds. The van der Waals surface area contributed by atoms with Crippen LogP contribution in [0, 0.1) is 0 Å². The minimum Gasteiger partial charge on any atom is -0.497 e. The van der Waals surface area contributed by atoms with Crippen molar-refractivity contribution in [2.45, 2.75) is 11.4 Å². The molecule has 0 saturated heterocycles. The zero-order chi connectivity index (χ0) is 16.6. The van der Waals surface area contributed by atoms with E-state index in [1.165, 1.54) is 12.1 Å². The van der Waals surface area contributed by atoms with Crippen molar-refractivity contribution in [3.8, 4) is 5.75 Å². The number of aromatic nitrogens is 2. The summed E-state index contributed by atoms with van der Waals surface area (Å²) in [5, 5.41) is 5.25. The Morgan fingerprint density at radius 1 is 1.22 bits per heavy atom. The maximum absolute atomic E-state index is 11.6. The molecule has 0 aliphatic heterocycles. The molecule has 120 valence electrons. The van der Waals surface area contributed by atoms with Gasteiger partial charge in [0.2, 0.25) is 0 Å². The van der Waals surface area contributed by atoms with E-state index in [2.05, 4.69) is 5.10 Å². The largest absolute Gasteiger partial charge is 0.497 e. The number of ether oxygens (including phenoxy) is 1. The third-order valence-electron chi connectivity index (χ3n) is 3.46. The Morgan fingerprint density at radius 2 is 1.91 bits per heavy atom. The Balaban J connectivity index is 2.05. The standard InChI is InChI=1S/C15H12Cl2N2O3S/c1-22-11-4-2-10(3-5-11)9-19-15-7-12(23(17,20)21)6-14(16)13(15)8-18-19/h2-8H,9H2,1H3. The maximum Gasteiger partial charge on any atom is 0.261 e. The van der Waals surface area contributed by atoms with Crippen molar-refractivity contribution in [1.29, 1.82) is 0 Å². The Morgan fingerprint density at radius 3 is 2.52 bits per heavy atom. The second-order valence-electron chi connectivity index (χ2n) is 4.93. The van der Waals surface area contributed by atoms with Gasteiger partial charge in [-0.3, -0.25) is 4.68 Å². The fourth-order valence-electron chi connectivity index (χ4n) is 2.28. The molecule has 1 heterocycles. The second-order valence-corrected chi connectivity index (χ2v) is 7.90. The predicted molar refractivity (Wildman–Crippen MR) is 89.9 cm³/mol. The first kappa shape index (κ1) is 16.1. The molecule has 0 spiro atoms. The summed E-state index contributed by atoms with van der Waals surface area (Å²) < 4.78 is 29.9. The SMILES string of the molecule is COc1ccc(Cn2ncc3c(Cl)cc(S(=O)(=O)Cl)cc32)cc1. The van der Waals surface area contributed by atoms with Gasteiger partial charge in [0.1, 0.15) is 5.75 Å². The molecular formula is C15H12Cl2N2O3S. The molecule has 0 bridgehead atoms. The molecule has 2 aromatic carbocycles. The molecule has 0 aliphatic rings. The summed E-state index contributed by atoms with van der Waals surface area (Å²) >= 11 is 6.13. The van der Waals surface area contributed by atoms with Crippen LogP contribution in [0.25, 0.3) is 10.9 Å². The number of fused-ring (bicyclic) bond motifs is 1. The van der Waals surface area contributed by atoms with Crippen molar-refractivity contribution < 1.29 is 13.2 Å². The summed E-state index contributed by atoms with van der Waals surface area (Å²) in [6, 6.07) is 10.3. The van der Waals surface area contributed by atoms with E-state index in [0.29, 0.717) is 22.5 Å². The average molecular weight is 371 g/mol. The lowest BCUT2D eigenvalue weighted by Crippen LogP contribution is -2.02. The lowest BCUT2D eigenvalue weighted by atomic mass is 10.2. The van der Waals surface area contributed by atoms with Crippen LogP contribution in [0.4, 0.5) is 0 Å². The van der Waals surface area contributed by atoms with E-state index in [-0.39, 0.29) is 4.90 Å². The van der Waals surface area contributed by atoms with Gasteiger partial charge in [-0.2, -0.15) is 5.10 Å². The lowest BCUT2D eigenvalue weighted by Gasteiger charge is -2.07. The lowest BCUT2D eigenvalue weighted by molar-refractivity contribution is 0.414. The quantitative estimate of drug-likeness (QED) is 0.657. The summed E-state index contributed by atoms with van der Waals surface area (Å²) in [4.78, 5) is -0.0480. The van der Waals surface area contributed by atoms with Crippen LogP contribution in [0.5, 0.6) is 5.75 Å². The molecule has 3 aromatic rings. The van der Waals surface area contributed by atoms with E-state index < -0.39 is 9.05 Å². The van der Waals surface area contributed by atoms with Crippen molar-refractivity contribution in [3.05, 3.63) is 53.2 Å². The summed E-state index contributed by atoms with van der Waals surface area (Å²) in [6.45, 7) is 0.468. The molecule has 3 rings (SSSR count). The van der Waals surface area contributed by atoms with Crippen molar-refractivity contribution in [3.63, 3.8) is 0 Å². The van der Waals surface area contributed by atoms with E-state index in [0.717, 1.165) is 11.3 Å². The van der Waals surface area contributed by atoms with Gasteiger partial charge < -0.3 is 4.74 Å². The van der Waals surface area contributed by atoms with Gasteiger partial charge in [0.05, 0.1) is 35.3 Å². The molecule has 0 saturated carbocycles. The van der Waals surface area contributed by atoms with Crippen LogP contribution < -0.4 is 4.74 Å². The average Bonchev–Trinajstić information content (AvgIpc) is 2.91. The van der Waals surface area contributed by atoms with Gasteiger partial charge in [0.15, 0.2) is 0 Å². The molecule has 1 aromatic heterocycles. The summed E-state index contributed by atoms with van der Waals surface area (Å²) in [7, 11) is 3.15. The molecule has 0 N–H and O–H groups in total. The van der Waals surface area contributed by atoms with Gasteiger partial charge in [-0.25, -0.2) is 8.42 Å². The van der Waals surface area contributed by atoms with Crippen LogP contribution in [0.3, 0.4) is 0 Å². The highest BCUT2D eigenvalue weighted by atomic mass is 35.7. The Hall–Kier alpha value is -1.76. The highest BCUT2D eigenvalue weighted by molar-refractivity contribution is 8.13. The maximum atomic E-state index is 11.6. The molecule has 0 unspecified atom stereocenters. The minimum absolute atomic E-state index is 0.0480. The Bertz CT molecular complexity index is 966. The van der Waals surface area contributed by atoms with Crippen LogP contribution >= 0.6 is 22.3 Å². The summed E-state index contributed by atoms with van der Waals surface area (Å²) in [5.74, 6) is 0.762. The summed E-state index contributed by atoms with van der Waals surface area (Å²) in [6.07, 6.45) is 1.60. The van der Waals surface area contributed by atoms with Crippen molar-refractivity contribution in [2.75, 3.05) is 7.11 Å². The molecule has 5 nitrogen and oxygen atoms in total. The number of methoxy groups -OCH3 is 1. The second kappa shape index (κ2) is 6.03. The van der Waals surface area contributed by atoms with Gasteiger partial charge in [0.25, 0.3) is 9.05 Å². The normalized spacial score (nSPS) is 11.8. The van der Waals surface area contributed by atoms with Crippen LogP contribution in [0.15, 0.2) is 47.5 Å². The minimum atomic E-state index is -3.86. The Labute approximate surface area is 142 Å². The zero-order valence-corrected chi connectivity index (χ0v) is 14.4. The fraction of sp³-hybridized carbons (Fsp3) is 0.133. The monoisotopic (exact) mass is 370 g/mol. The molecule has 23 heavy (non-hydrogen) atoms. The van der Waals surface area contributed by atoms with Gasteiger partial charge in [0, 0.05) is 16.1 Å². The van der Waals surface area contributed by atoms with E-state index in [4.69, 9.17) is 27.0 Å². The number of benzene rings is 2. The smallest absolute Gasteiger partial charge is 0.261 e. The van der Waals surface area contributed by atoms with E-state index >= 15 is 0 Å². The van der Waals surface area contributed by atoms with E-state index in [9.17, 15) is 8.42 Å². The van der Waals surface area contributed by atoms with Crippen molar-refractivity contribution >= 4 is 42.2 Å². The Kier molecular flexibility index (Phi) is 4.23. The van der Waals surface area contributed by atoms with Crippen molar-refractivity contribution in [2.24, 2.45) is 0 Å². The van der Waals surface area contributed by atoms with Crippen molar-refractivity contribution in [1.82, 2.24) is 9.78 Å². The highest BCUT2D eigenvalue weighted by Crippen LogP contribution is 2.29. The third-order valence-corrected chi connectivity index (χ3v) is 5.10. The number of hydrogen-bond donors (Lipinski definition) is 0. The van der Waals surface area contributed by atoms with Crippen LogP contribution in [-0.4, -0.2) is 25.3 Å². The topological polar surface area (TPSA) is 61.2 Å². The van der Waals surface area contributed by atoms with Gasteiger partial charge in [-0.1, -0.05) is 23.7 Å². The molecular weight excluding hydrogens is 359 g/mol. The number of halogens is 2. The van der Waals surface area contributed by atoms with Gasteiger partial charge >= 0.3 is 0 Å². The molecule has 0 fully saturated rings. The number of rotatable bonds is 4. The van der Waals surface area contributed by atoms with E-state index in [1.54, 1.807) is 18.0 Å². The molecule has 0 aliphatic carbocycles. The highest BCUT2D eigenvalue weighted by Gasteiger charge is 2.16. The first-order valence-electron chi connectivity index (χ1n) is 6.61. The first-order valence-corrected chi connectivity index (χ1v) is 9.30. The molecule has 0 radical (unpaired) electrons. The molecule has 8 heteroatoms. The van der Waals surface area contributed by atoms with Gasteiger partial charge in [-0.05, 0) is 29.8 Å². The summed E-state index contributed by atoms with van der Waals surface area (Å²) in [5.41, 5.74) is 1.60. The van der Waals surface area contributed by atoms with Crippen LogP contribution in [0.1, 0.15) is 5.56 Å².